The van der Waals surface area contributed by atoms with Crippen LogP contribution in [-0.2, 0) is 9.53 Å². The maximum absolute atomic E-state index is 14.7. The first-order valence-electron chi connectivity index (χ1n) is 10.8. The number of fused-ring (bicyclic) bond motifs is 1. The van der Waals surface area contributed by atoms with Crippen LogP contribution in [0.5, 0.6) is 5.75 Å². The number of likely N-dealkylation sites (tertiary alicyclic amines) is 1. The summed E-state index contributed by atoms with van der Waals surface area (Å²) in [6.07, 6.45) is 3.37. The molecule has 1 aliphatic heterocycles. The number of carbonyl (C=O) groups excluding carboxylic acids is 1. The molecule has 0 unspecified atom stereocenters. The molecule has 1 aliphatic rings. The number of hydrogen-bond donors (Lipinski definition) is 1. The SMILES string of the molecule is C=CC(=O)N1C[C@H](c2cc(C#Cc3cc(OC)cc(C)c3F)c3c(N)ncnn23)C[C@@H]1COC. The maximum Gasteiger partial charge on any atom is 0.246 e. The Kier molecular flexibility index (Phi) is 6.52. The van der Waals surface area contributed by atoms with Crippen molar-refractivity contribution in [1.29, 1.82) is 0 Å². The molecule has 0 radical (unpaired) electrons. The zero-order valence-electron chi connectivity index (χ0n) is 19.3. The zero-order chi connectivity index (χ0) is 24.4. The van der Waals surface area contributed by atoms with E-state index < -0.39 is 5.82 Å². The lowest BCUT2D eigenvalue weighted by molar-refractivity contribution is -0.127. The fourth-order valence-electron chi connectivity index (χ4n) is 4.43. The van der Waals surface area contributed by atoms with Gasteiger partial charge in [0, 0.05) is 25.3 Å². The molecule has 2 aromatic heterocycles. The van der Waals surface area contributed by atoms with Gasteiger partial charge in [0.25, 0.3) is 0 Å². The van der Waals surface area contributed by atoms with Crippen molar-refractivity contribution >= 4 is 17.2 Å². The third-order valence-corrected chi connectivity index (χ3v) is 6.06. The lowest BCUT2D eigenvalue weighted by Gasteiger charge is -2.22. The molecule has 34 heavy (non-hydrogen) atoms. The van der Waals surface area contributed by atoms with Gasteiger partial charge in [0.1, 0.15) is 23.4 Å². The van der Waals surface area contributed by atoms with Crippen molar-refractivity contribution in [3.63, 3.8) is 0 Å². The van der Waals surface area contributed by atoms with Crippen molar-refractivity contribution in [3.8, 4) is 17.6 Å². The van der Waals surface area contributed by atoms with Crippen LogP contribution in [0.2, 0.25) is 0 Å². The monoisotopic (exact) mass is 463 g/mol. The number of aryl methyl sites for hydroxylation is 1. The van der Waals surface area contributed by atoms with Crippen LogP contribution in [-0.4, -0.2) is 58.8 Å². The summed E-state index contributed by atoms with van der Waals surface area (Å²) < 4.78 is 26.9. The zero-order valence-corrected chi connectivity index (χ0v) is 19.3. The average Bonchev–Trinajstić information content (AvgIpc) is 3.42. The van der Waals surface area contributed by atoms with Crippen LogP contribution < -0.4 is 10.5 Å². The fraction of sp³-hybridized carbons (Fsp3) is 0.320. The predicted molar refractivity (Wildman–Crippen MR) is 126 cm³/mol. The molecule has 2 N–H and O–H groups in total. The molecule has 0 spiro atoms. The first-order valence-corrected chi connectivity index (χ1v) is 10.8. The summed E-state index contributed by atoms with van der Waals surface area (Å²) >= 11 is 0. The first-order chi connectivity index (χ1) is 16.4. The second kappa shape index (κ2) is 9.53. The van der Waals surface area contributed by atoms with Gasteiger partial charge in [-0.05, 0) is 43.2 Å². The van der Waals surface area contributed by atoms with Crippen LogP contribution in [0.1, 0.15) is 34.7 Å². The molecule has 1 amide bonds. The molecule has 176 valence electrons. The number of benzene rings is 1. The number of aromatic nitrogens is 3. The van der Waals surface area contributed by atoms with Crippen molar-refractivity contribution in [2.75, 3.05) is 33.1 Å². The number of rotatable bonds is 5. The molecule has 3 aromatic rings. The molecular weight excluding hydrogens is 437 g/mol. The van der Waals surface area contributed by atoms with Crippen LogP contribution in [0.25, 0.3) is 5.52 Å². The molecule has 9 heteroatoms. The number of methoxy groups -OCH3 is 2. The van der Waals surface area contributed by atoms with E-state index in [1.807, 2.05) is 6.07 Å². The Morgan fingerprint density at radius 3 is 2.79 bits per heavy atom. The fourth-order valence-corrected chi connectivity index (χ4v) is 4.43. The normalized spacial score (nSPS) is 17.5. The van der Waals surface area contributed by atoms with Gasteiger partial charge in [0.2, 0.25) is 5.91 Å². The number of halogens is 1. The molecule has 4 rings (SSSR count). The highest BCUT2D eigenvalue weighted by Crippen LogP contribution is 2.35. The topological polar surface area (TPSA) is 95.0 Å². The summed E-state index contributed by atoms with van der Waals surface area (Å²) in [6.45, 7) is 6.16. The molecule has 0 saturated carbocycles. The van der Waals surface area contributed by atoms with Gasteiger partial charge >= 0.3 is 0 Å². The van der Waals surface area contributed by atoms with E-state index in [9.17, 15) is 9.18 Å². The molecule has 1 fully saturated rings. The van der Waals surface area contributed by atoms with Gasteiger partial charge < -0.3 is 20.1 Å². The van der Waals surface area contributed by atoms with Crippen molar-refractivity contribution < 1.29 is 18.7 Å². The number of nitrogens with zero attached hydrogens (tertiary/aromatic N) is 4. The number of nitrogen functional groups attached to an aromatic ring is 1. The highest BCUT2D eigenvalue weighted by atomic mass is 19.1. The Morgan fingerprint density at radius 2 is 2.09 bits per heavy atom. The molecule has 3 heterocycles. The third kappa shape index (κ3) is 4.20. The lowest BCUT2D eigenvalue weighted by Crippen LogP contribution is -2.37. The highest BCUT2D eigenvalue weighted by Gasteiger charge is 2.37. The van der Waals surface area contributed by atoms with Crippen LogP contribution in [0.3, 0.4) is 0 Å². The summed E-state index contributed by atoms with van der Waals surface area (Å²) in [7, 11) is 3.13. The van der Waals surface area contributed by atoms with Crippen LogP contribution in [0.15, 0.2) is 37.2 Å². The molecule has 0 aliphatic carbocycles. The summed E-state index contributed by atoms with van der Waals surface area (Å²) in [5.74, 6) is 6.15. The Balaban J connectivity index is 1.78. The Morgan fingerprint density at radius 1 is 1.32 bits per heavy atom. The van der Waals surface area contributed by atoms with Crippen LogP contribution in [0.4, 0.5) is 10.2 Å². The lowest BCUT2D eigenvalue weighted by atomic mass is 10.0. The quantitative estimate of drug-likeness (QED) is 0.462. The minimum Gasteiger partial charge on any atom is -0.497 e. The minimum atomic E-state index is -0.405. The Labute approximate surface area is 197 Å². The second-order valence-corrected chi connectivity index (χ2v) is 8.18. The average molecular weight is 464 g/mol. The Bertz CT molecular complexity index is 1320. The molecule has 1 aromatic carbocycles. The summed E-state index contributed by atoms with van der Waals surface area (Å²) in [4.78, 5) is 18.3. The van der Waals surface area contributed by atoms with Gasteiger partial charge in [-0.1, -0.05) is 18.4 Å². The first kappa shape index (κ1) is 23.3. The standard InChI is InChI=1S/C25H26FN5O3/c1-5-22(32)30-12-18(9-19(30)13-33-3)21-11-17(24-25(27)28-14-29-31(21)24)7-6-16-10-20(34-4)8-15(2)23(16)26/h5,8,10-11,14,18-19H,1,9,12-13H2,2-4H3,(H2,27,28,29)/t18-,19-/m1/s1. The highest BCUT2D eigenvalue weighted by molar-refractivity contribution is 5.87. The van der Waals surface area contributed by atoms with E-state index in [1.54, 1.807) is 35.6 Å². The van der Waals surface area contributed by atoms with E-state index in [1.165, 1.54) is 19.5 Å². The molecule has 0 bridgehead atoms. The molecule has 1 saturated heterocycles. The largest absolute Gasteiger partial charge is 0.497 e. The smallest absolute Gasteiger partial charge is 0.246 e. The van der Waals surface area contributed by atoms with E-state index in [-0.39, 0.29) is 29.2 Å². The second-order valence-electron chi connectivity index (χ2n) is 8.18. The van der Waals surface area contributed by atoms with Crippen molar-refractivity contribution in [2.45, 2.75) is 25.3 Å². The van der Waals surface area contributed by atoms with Crippen molar-refractivity contribution in [1.82, 2.24) is 19.5 Å². The van der Waals surface area contributed by atoms with Gasteiger partial charge in [0.05, 0.1) is 30.9 Å². The maximum atomic E-state index is 14.7. The molecular formula is C25H26FN5O3. The van der Waals surface area contributed by atoms with Crippen molar-refractivity contribution in [3.05, 3.63) is 65.4 Å². The molecule has 2 atom stereocenters. The van der Waals surface area contributed by atoms with E-state index in [0.717, 1.165) is 5.69 Å². The van der Waals surface area contributed by atoms with Gasteiger partial charge in [-0.25, -0.2) is 13.9 Å². The number of amides is 1. The Hall–Kier alpha value is -3.90. The number of carbonyl (C=O) groups is 1. The van der Waals surface area contributed by atoms with Gasteiger partial charge in [0.15, 0.2) is 5.82 Å². The summed E-state index contributed by atoms with van der Waals surface area (Å²) in [5.41, 5.74) is 8.80. The van der Waals surface area contributed by atoms with Crippen LogP contribution >= 0.6 is 0 Å². The van der Waals surface area contributed by atoms with E-state index in [2.05, 4.69) is 28.5 Å². The van der Waals surface area contributed by atoms with Crippen molar-refractivity contribution in [2.24, 2.45) is 0 Å². The van der Waals surface area contributed by atoms with E-state index >= 15 is 0 Å². The third-order valence-electron chi connectivity index (χ3n) is 6.06. The van der Waals surface area contributed by atoms with Gasteiger partial charge in [-0.2, -0.15) is 5.10 Å². The number of nitrogens with two attached hydrogens (primary N) is 1. The van der Waals surface area contributed by atoms with Crippen LogP contribution in [0, 0.1) is 24.6 Å². The molecule has 8 nitrogen and oxygen atoms in total. The summed E-state index contributed by atoms with van der Waals surface area (Å²) in [5, 5.41) is 4.39. The van der Waals surface area contributed by atoms with Gasteiger partial charge in [-0.15, -0.1) is 0 Å². The predicted octanol–water partition coefficient (Wildman–Crippen LogP) is 2.68. The summed E-state index contributed by atoms with van der Waals surface area (Å²) in [6, 6.07) is 4.97. The van der Waals surface area contributed by atoms with E-state index in [4.69, 9.17) is 15.2 Å². The number of ether oxygens (including phenoxy) is 2. The van der Waals surface area contributed by atoms with E-state index in [0.29, 0.717) is 42.0 Å². The van der Waals surface area contributed by atoms with Gasteiger partial charge in [-0.3, -0.25) is 4.79 Å². The minimum absolute atomic E-state index is 0.0304. The number of hydrogen-bond acceptors (Lipinski definition) is 6. The number of anilines is 1.